The minimum absolute atomic E-state index is 0.0246. The number of carbonyl (C=O) groups is 6. The highest BCUT2D eigenvalue weighted by molar-refractivity contribution is 5.84. The Balaban J connectivity index is 3.60. The number of aliphatic carboxylic acids is 3. The van der Waals surface area contributed by atoms with Gasteiger partial charge in [-0.15, -0.1) is 0 Å². The van der Waals surface area contributed by atoms with Crippen LogP contribution >= 0.6 is 0 Å². The summed E-state index contributed by atoms with van der Waals surface area (Å²) < 4.78 is 21.7. The Morgan fingerprint density at radius 2 is 0.909 bits per heavy atom. The molecule has 0 aromatic carbocycles. The van der Waals surface area contributed by atoms with Gasteiger partial charge in [-0.25, -0.2) is 0 Å². The zero-order chi connectivity index (χ0) is 40.8. The summed E-state index contributed by atoms with van der Waals surface area (Å²) in [4.78, 5) is 69.3. The molecule has 55 heavy (non-hydrogen) atoms. The molecule has 15 nitrogen and oxygen atoms in total. The quantitative estimate of drug-likeness (QED) is 0.0479. The van der Waals surface area contributed by atoms with Crippen molar-refractivity contribution >= 4 is 35.5 Å². The number of nitrogens with one attached hydrogen (secondary N) is 2. The Kier molecular flexibility index (Phi) is 35.6. The number of carboxylic acid groups (broad SMARTS) is 3. The van der Waals surface area contributed by atoms with E-state index in [1.165, 1.54) is 25.7 Å². The first kappa shape index (κ1) is 51.9. The fraction of sp³-hybridized carbons (Fsp3) is 0.850. The number of ketones is 1. The first-order chi connectivity index (χ1) is 26.5. The summed E-state index contributed by atoms with van der Waals surface area (Å²) in [5, 5.41) is 32.5. The zero-order valence-corrected chi connectivity index (χ0v) is 33.5. The van der Waals surface area contributed by atoms with Crippen LogP contribution in [0.3, 0.4) is 0 Å². The van der Waals surface area contributed by atoms with Gasteiger partial charge in [0.25, 0.3) is 0 Å². The second-order valence-corrected chi connectivity index (χ2v) is 14.1. The lowest BCUT2D eigenvalue weighted by atomic mass is 9.94. The topological polar surface area (TPSA) is 224 Å². The van der Waals surface area contributed by atoms with Gasteiger partial charge in [-0.3, -0.25) is 28.8 Å². The molecule has 15 heteroatoms. The lowest BCUT2D eigenvalue weighted by Crippen LogP contribution is -2.29. The van der Waals surface area contributed by atoms with Crippen molar-refractivity contribution in [2.24, 2.45) is 11.8 Å². The molecule has 0 unspecified atom stereocenters. The second-order valence-electron chi connectivity index (χ2n) is 14.1. The van der Waals surface area contributed by atoms with Crippen molar-refractivity contribution in [1.29, 1.82) is 0 Å². The van der Waals surface area contributed by atoms with Crippen molar-refractivity contribution in [2.75, 3.05) is 65.9 Å². The highest BCUT2D eigenvalue weighted by Gasteiger charge is 2.22. The molecule has 0 aromatic rings. The Bertz CT molecular complexity index is 1030. The molecule has 0 aliphatic heterocycles. The molecule has 0 bridgehead atoms. The molecule has 0 heterocycles. The van der Waals surface area contributed by atoms with Crippen LogP contribution in [0.1, 0.15) is 142 Å². The average Bonchev–Trinajstić information content (AvgIpc) is 3.14. The summed E-state index contributed by atoms with van der Waals surface area (Å²) >= 11 is 0. The summed E-state index contributed by atoms with van der Waals surface area (Å²) in [5.41, 5.74) is 0. The van der Waals surface area contributed by atoms with Gasteiger partial charge < -0.3 is 44.9 Å². The van der Waals surface area contributed by atoms with E-state index < -0.39 is 23.8 Å². The smallest absolute Gasteiger partial charge is 0.306 e. The molecule has 0 spiro atoms. The third-order valence-corrected chi connectivity index (χ3v) is 9.11. The minimum atomic E-state index is -1.06. The number of carboxylic acids is 3. The van der Waals surface area contributed by atoms with Crippen LogP contribution in [-0.4, -0.2) is 117 Å². The van der Waals surface area contributed by atoms with Crippen molar-refractivity contribution < 1.29 is 63.0 Å². The number of carbonyl (C=O) groups excluding carboxylic acids is 3. The molecular weight excluding hydrogens is 716 g/mol. The minimum Gasteiger partial charge on any atom is -0.481 e. The van der Waals surface area contributed by atoms with Gasteiger partial charge >= 0.3 is 17.9 Å². The molecule has 0 aliphatic carbocycles. The molecule has 0 radical (unpaired) electrons. The number of amides is 2. The van der Waals surface area contributed by atoms with Crippen LogP contribution in [0.15, 0.2) is 0 Å². The second kappa shape index (κ2) is 37.8. The van der Waals surface area contributed by atoms with Gasteiger partial charge in [-0.2, -0.15) is 0 Å². The fourth-order valence-corrected chi connectivity index (χ4v) is 5.65. The number of hydrogen-bond donors (Lipinski definition) is 5. The lowest BCUT2D eigenvalue weighted by Gasteiger charge is -2.12. The van der Waals surface area contributed by atoms with Gasteiger partial charge in [0.05, 0.1) is 64.7 Å². The van der Waals surface area contributed by atoms with Crippen LogP contribution in [-0.2, 0) is 47.7 Å². The van der Waals surface area contributed by atoms with E-state index >= 15 is 0 Å². The first-order valence-corrected chi connectivity index (χ1v) is 20.6. The van der Waals surface area contributed by atoms with Gasteiger partial charge in [-0.05, 0) is 32.1 Å². The molecule has 2 atom stereocenters. The monoisotopic (exact) mass is 789 g/mol. The van der Waals surface area contributed by atoms with E-state index in [9.17, 15) is 33.9 Å². The SMILES string of the molecule is C[C@@H](CCCCNC(=O)CCOCCOCCOCCOCCNC(=O)CC[C@H](CC(=O)CCCCCCCCCCCCCCC(=O)O)C(=O)O)C(=O)O. The summed E-state index contributed by atoms with van der Waals surface area (Å²) in [5.74, 6) is -4.29. The van der Waals surface area contributed by atoms with E-state index in [4.69, 9.17) is 29.2 Å². The average molecular weight is 789 g/mol. The predicted octanol–water partition coefficient (Wildman–Crippen LogP) is 5.55. The van der Waals surface area contributed by atoms with E-state index in [1.807, 2.05) is 0 Å². The van der Waals surface area contributed by atoms with Crippen LogP contribution in [0, 0.1) is 11.8 Å². The summed E-state index contributed by atoms with van der Waals surface area (Å²) in [6.07, 6.45) is 15.7. The third-order valence-electron chi connectivity index (χ3n) is 9.11. The standard InChI is InChI=1S/C40H72N2O13/c1-33(39(48)49)16-14-15-22-41-37(45)21-24-52-26-28-54-30-31-55-29-27-53-25-23-42-36(44)20-19-34(40(50)51)32-35(43)17-12-10-8-6-4-2-3-5-7-9-11-13-18-38(46)47/h33-34H,2-32H2,1H3,(H,41,45)(H,42,44)(H,46,47)(H,48,49)(H,50,51)/t33-,34+/m0/s1. The molecule has 0 fully saturated rings. The van der Waals surface area contributed by atoms with Gasteiger partial charge in [0, 0.05) is 45.2 Å². The Morgan fingerprint density at radius 1 is 0.455 bits per heavy atom. The van der Waals surface area contributed by atoms with E-state index in [2.05, 4.69) is 10.6 Å². The van der Waals surface area contributed by atoms with Gasteiger partial charge in [0.15, 0.2) is 0 Å². The maximum atomic E-state index is 12.4. The number of rotatable bonds is 42. The van der Waals surface area contributed by atoms with Crippen molar-refractivity contribution in [1.82, 2.24) is 10.6 Å². The Labute approximate surface area is 328 Å². The van der Waals surface area contributed by atoms with Crippen molar-refractivity contribution in [2.45, 2.75) is 142 Å². The maximum Gasteiger partial charge on any atom is 0.306 e. The van der Waals surface area contributed by atoms with Gasteiger partial charge in [0.1, 0.15) is 5.78 Å². The van der Waals surface area contributed by atoms with Crippen molar-refractivity contribution in [3.8, 4) is 0 Å². The molecule has 0 saturated carbocycles. The summed E-state index contributed by atoms with van der Waals surface area (Å²) in [6, 6.07) is 0. The maximum absolute atomic E-state index is 12.4. The Morgan fingerprint density at radius 3 is 1.42 bits per heavy atom. The van der Waals surface area contributed by atoms with Crippen LogP contribution in [0.2, 0.25) is 0 Å². The number of ether oxygens (including phenoxy) is 4. The van der Waals surface area contributed by atoms with E-state index in [-0.39, 0.29) is 75.4 Å². The molecule has 0 rings (SSSR count). The third kappa shape index (κ3) is 37.6. The molecule has 0 aromatic heterocycles. The number of hydrogen-bond acceptors (Lipinski definition) is 10. The van der Waals surface area contributed by atoms with Gasteiger partial charge in [-0.1, -0.05) is 77.6 Å². The number of unbranched alkanes of at least 4 members (excludes halogenated alkanes) is 12. The zero-order valence-electron chi connectivity index (χ0n) is 33.5. The summed E-state index contributed by atoms with van der Waals surface area (Å²) in [7, 11) is 0. The van der Waals surface area contributed by atoms with Crippen LogP contribution < -0.4 is 10.6 Å². The molecule has 2 amide bonds. The van der Waals surface area contributed by atoms with Gasteiger partial charge in [0.2, 0.25) is 11.8 Å². The van der Waals surface area contributed by atoms with Crippen LogP contribution in [0.5, 0.6) is 0 Å². The first-order valence-electron chi connectivity index (χ1n) is 20.6. The molecule has 5 N–H and O–H groups in total. The highest BCUT2D eigenvalue weighted by atomic mass is 16.6. The molecular formula is C40H72N2O13. The number of Topliss-reactive ketones (excluding diaryl/α,β-unsaturated/α-hetero) is 1. The lowest BCUT2D eigenvalue weighted by molar-refractivity contribution is -0.144. The molecule has 0 aliphatic rings. The van der Waals surface area contributed by atoms with E-state index in [0.29, 0.717) is 59.0 Å². The van der Waals surface area contributed by atoms with Crippen LogP contribution in [0.25, 0.3) is 0 Å². The van der Waals surface area contributed by atoms with Crippen LogP contribution in [0.4, 0.5) is 0 Å². The van der Waals surface area contributed by atoms with Crippen molar-refractivity contribution in [3.63, 3.8) is 0 Å². The highest BCUT2D eigenvalue weighted by Crippen LogP contribution is 2.17. The Hall–Kier alpha value is -3.14. The van der Waals surface area contributed by atoms with E-state index in [1.54, 1.807) is 6.92 Å². The van der Waals surface area contributed by atoms with Crippen molar-refractivity contribution in [3.05, 3.63) is 0 Å². The molecule has 0 saturated heterocycles. The normalized spacial score (nSPS) is 12.2. The summed E-state index contributed by atoms with van der Waals surface area (Å²) in [6.45, 7) is 5.23. The largest absolute Gasteiger partial charge is 0.481 e. The fourth-order valence-electron chi connectivity index (χ4n) is 5.65. The predicted molar refractivity (Wildman–Crippen MR) is 207 cm³/mol. The van der Waals surface area contributed by atoms with E-state index in [0.717, 1.165) is 64.2 Å². The molecule has 320 valence electrons.